The summed E-state index contributed by atoms with van der Waals surface area (Å²) >= 11 is 0. The molecule has 1 amide bonds. The number of ether oxygens (including phenoxy) is 1. The summed E-state index contributed by atoms with van der Waals surface area (Å²) in [5.41, 5.74) is 2.29. The number of nitrogens with zero attached hydrogens (tertiary/aromatic N) is 1. The highest BCUT2D eigenvalue weighted by Crippen LogP contribution is 2.21. The first-order valence-electron chi connectivity index (χ1n) is 7.97. The van der Waals surface area contributed by atoms with E-state index >= 15 is 0 Å². The number of carbonyl (C=O) groups is 2. The van der Waals surface area contributed by atoms with Gasteiger partial charge in [-0.3, -0.25) is 0 Å². The molecule has 0 unspecified atom stereocenters. The Balaban J connectivity index is 4.97. The van der Waals surface area contributed by atoms with Crippen LogP contribution in [-0.4, -0.2) is 41.2 Å². The lowest BCUT2D eigenvalue weighted by Crippen LogP contribution is -2.33. The first-order chi connectivity index (χ1) is 12.6. The SMILES string of the molecule is C=C(/C=C\C=C(/C)CNC(=O)OC(C)(C)C)N=C(C=C(N)C(F)(F)F)C(=O)O. The number of nitrogens with one attached hydrogen (secondary N) is 1. The summed E-state index contributed by atoms with van der Waals surface area (Å²) in [6, 6.07) is 0. The highest BCUT2D eigenvalue weighted by atomic mass is 19.4. The van der Waals surface area contributed by atoms with Gasteiger partial charge in [0.25, 0.3) is 0 Å². The molecule has 0 aliphatic carbocycles. The van der Waals surface area contributed by atoms with Crippen LogP contribution < -0.4 is 11.1 Å². The Labute approximate surface area is 161 Å². The third-order valence-corrected chi connectivity index (χ3v) is 2.68. The average Bonchev–Trinajstić information content (AvgIpc) is 2.49. The maximum Gasteiger partial charge on any atom is 0.430 e. The molecule has 10 heteroatoms. The smallest absolute Gasteiger partial charge is 0.430 e. The number of carboxylic acid groups (broad SMARTS) is 1. The second kappa shape index (κ2) is 10.3. The minimum atomic E-state index is -4.87. The number of alkyl carbamates (subject to hydrolysis) is 1. The largest absolute Gasteiger partial charge is 0.477 e. The Hall–Kier alpha value is -3.04. The zero-order valence-corrected chi connectivity index (χ0v) is 16.1. The lowest BCUT2D eigenvalue weighted by atomic mass is 10.2. The molecule has 0 atom stereocenters. The number of carboxylic acids is 1. The van der Waals surface area contributed by atoms with E-state index in [9.17, 15) is 22.8 Å². The molecule has 0 saturated carbocycles. The predicted octanol–water partition coefficient (Wildman–Crippen LogP) is 3.46. The molecule has 7 nitrogen and oxygen atoms in total. The summed E-state index contributed by atoms with van der Waals surface area (Å²) in [7, 11) is 0. The van der Waals surface area contributed by atoms with Crippen LogP contribution in [0.15, 0.2) is 52.8 Å². The van der Waals surface area contributed by atoms with E-state index in [1.54, 1.807) is 33.8 Å². The lowest BCUT2D eigenvalue weighted by molar-refractivity contribution is -0.129. The molecule has 0 spiro atoms. The van der Waals surface area contributed by atoms with E-state index < -0.39 is 35.2 Å². The van der Waals surface area contributed by atoms with Crippen LogP contribution in [0.5, 0.6) is 0 Å². The Bertz CT molecular complexity index is 727. The van der Waals surface area contributed by atoms with Crippen molar-refractivity contribution >= 4 is 17.8 Å². The number of aliphatic carboxylic acids is 1. The van der Waals surface area contributed by atoms with Crippen LogP contribution in [0.3, 0.4) is 0 Å². The summed E-state index contributed by atoms with van der Waals surface area (Å²) in [5, 5.41) is 11.5. The van der Waals surface area contributed by atoms with Gasteiger partial charge < -0.3 is 20.9 Å². The van der Waals surface area contributed by atoms with E-state index in [0.29, 0.717) is 0 Å². The molecule has 156 valence electrons. The molecule has 0 radical (unpaired) electrons. The summed E-state index contributed by atoms with van der Waals surface area (Å²) in [6.07, 6.45) is -0.912. The van der Waals surface area contributed by atoms with E-state index in [1.807, 2.05) is 0 Å². The van der Waals surface area contributed by atoms with Gasteiger partial charge in [-0.15, -0.1) is 0 Å². The number of alkyl halides is 3. The number of hydrogen-bond donors (Lipinski definition) is 3. The van der Waals surface area contributed by atoms with Crippen molar-refractivity contribution in [3.05, 3.63) is 47.9 Å². The highest BCUT2D eigenvalue weighted by Gasteiger charge is 2.32. The number of allylic oxidation sites excluding steroid dienone is 4. The van der Waals surface area contributed by atoms with Gasteiger partial charge in [0.15, 0.2) is 5.71 Å². The second-order valence-corrected chi connectivity index (χ2v) is 6.62. The third kappa shape index (κ3) is 11.6. The average molecular weight is 403 g/mol. The van der Waals surface area contributed by atoms with E-state index in [-0.39, 0.29) is 18.3 Å². The first kappa shape index (κ1) is 25.0. The third-order valence-electron chi connectivity index (χ3n) is 2.68. The fourth-order valence-corrected chi connectivity index (χ4v) is 1.47. The standard InChI is InChI=1S/C18H24F3N3O4/c1-11(10-23-16(27)28-17(3,4)5)7-6-8-12(2)24-13(15(25)26)9-14(22)18(19,20)21/h6-9H,2,10,22H2,1,3-5H3,(H,23,27)(H,25,26)/b8-6-,11-7+,14-9?,24-13?. The van der Waals surface area contributed by atoms with Gasteiger partial charge in [0.05, 0.1) is 5.70 Å². The molecule has 0 bridgehead atoms. The van der Waals surface area contributed by atoms with Crippen LogP contribution in [0, 0.1) is 0 Å². The van der Waals surface area contributed by atoms with Crippen molar-refractivity contribution in [3.63, 3.8) is 0 Å². The van der Waals surface area contributed by atoms with Gasteiger partial charge in [-0.25, -0.2) is 14.6 Å². The molecule has 4 N–H and O–H groups in total. The molecule has 0 aromatic heterocycles. The monoisotopic (exact) mass is 403 g/mol. The molecule has 0 heterocycles. The Morgan fingerprint density at radius 1 is 1.29 bits per heavy atom. The molecule has 28 heavy (non-hydrogen) atoms. The molecule has 0 fully saturated rings. The van der Waals surface area contributed by atoms with E-state index in [2.05, 4.69) is 16.9 Å². The van der Waals surface area contributed by atoms with Gasteiger partial charge in [0, 0.05) is 6.54 Å². The van der Waals surface area contributed by atoms with Crippen molar-refractivity contribution in [3.8, 4) is 0 Å². The van der Waals surface area contributed by atoms with E-state index in [4.69, 9.17) is 15.6 Å². The molecular weight excluding hydrogens is 379 g/mol. The van der Waals surface area contributed by atoms with Crippen LogP contribution in [-0.2, 0) is 9.53 Å². The van der Waals surface area contributed by atoms with Crippen LogP contribution in [0.4, 0.5) is 18.0 Å². The van der Waals surface area contributed by atoms with Crippen molar-refractivity contribution in [1.29, 1.82) is 0 Å². The maximum atomic E-state index is 12.4. The van der Waals surface area contributed by atoms with Gasteiger partial charge >= 0.3 is 18.2 Å². The Kier molecular flexibility index (Phi) is 9.21. The summed E-state index contributed by atoms with van der Waals surface area (Å²) in [4.78, 5) is 26.0. The fourth-order valence-electron chi connectivity index (χ4n) is 1.47. The molecule has 0 aliphatic heterocycles. The van der Waals surface area contributed by atoms with E-state index in [0.717, 1.165) is 5.57 Å². The van der Waals surface area contributed by atoms with Gasteiger partial charge in [-0.1, -0.05) is 24.3 Å². The van der Waals surface area contributed by atoms with Gasteiger partial charge in [-0.05, 0) is 39.8 Å². The minimum absolute atomic E-state index is 0.104. The van der Waals surface area contributed by atoms with Crippen molar-refractivity contribution in [1.82, 2.24) is 5.32 Å². The summed E-state index contributed by atoms with van der Waals surface area (Å²) in [5.74, 6) is -1.69. The number of nitrogens with two attached hydrogens (primary N) is 1. The predicted molar refractivity (Wildman–Crippen MR) is 99.7 cm³/mol. The summed E-state index contributed by atoms with van der Waals surface area (Å²) in [6.45, 7) is 10.5. The van der Waals surface area contributed by atoms with Gasteiger partial charge in [0.1, 0.15) is 11.3 Å². The molecule has 0 aromatic rings. The zero-order valence-electron chi connectivity index (χ0n) is 16.1. The zero-order chi connectivity index (χ0) is 22.1. The minimum Gasteiger partial charge on any atom is -0.477 e. The number of aliphatic imine (C=N–C) groups is 1. The maximum absolute atomic E-state index is 12.4. The van der Waals surface area contributed by atoms with Gasteiger partial charge in [0.2, 0.25) is 0 Å². The number of amides is 1. The number of halogens is 3. The molecule has 0 aromatic carbocycles. The number of rotatable bonds is 7. The van der Waals surface area contributed by atoms with Crippen molar-refractivity contribution in [2.45, 2.75) is 39.5 Å². The normalized spacial score (nSPS) is 14.2. The van der Waals surface area contributed by atoms with Crippen molar-refractivity contribution < 1.29 is 32.6 Å². The van der Waals surface area contributed by atoms with Crippen LogP contribution in [0.1, 0.15) is 27.7 Å². The van der Waals surface area contributed by atoms with Gasteiger partial charge in [-0.2, -0.15) is 13.2 Å². The second-order valence-electron chi connectivity index (χ2n) is 6.62. The number of hydrogen-bond acceptors (Lipinski definition) is 5. The Morgan fingerprint density at radius 3 is 2.32 bits per heavy atom. The summed E-state index contributed by atoms with van der Waals surface area (Å²) < 4.78 is 42.3. The van der Waals surface area contributed by atoms with Crippen LogP contribution in [0.2, 0.25) is 0 Å². The molecule has 0 saturated heterocycles. The first-order valence-corrected chi connectivity index (χ1v) is 7.97. The molecule has 0 aliphatic rings. The van der Waals surface area contributed by atoms with Crippen LogP contribution in [0.25, 0.3) is 0 Å². The molecular formula is C18H24F3N3O4. The quantitative estimate of drug-likeness (QED) is 0.445. The topological polar surface area (TPSA) is 114 Å². The number of carbonyl (C=O) groups excluding carboxylic acids is 1. The molecule has 0 rings (SSSR count). The fraction of sp³-hybridized carbons (Fsp3) is 0.389. The van der Waals surface area contributed by atoms with Crippen LogP contribution >= 0.6 is 0 Å². The van der Waals surface area contributed by atoms with E-state index in [1.165, 1.54) is 12.2 Å². The van der Waals surface area contributed by atoms with Crippen molar-refractivity contribution in [2.75, 3.05) is 6.54 Å². The highest BCUT2D eigenvalue weighted by molar-refractivity contribution is 6.40. The Morgan fingerprint density at radius 2 is 1.86 bits per heavy atom. The van der Waals surface area contributed by atoms with Crippen molar-refractivity contribution in [2.24, 2.45) is 10.7 Å². The lowest BCUT2D eigenvalue weighted by Gasteiger charge is -2.19.